The summed E-state index contributed by atoms with van der Waals surface area (Å²) in [5.41, 5.74) is 0. The van der Waals surface area contributed by atoms with Gasteiger partial charge in [0, 0.05) is 26.2 Å². The zero-order valence-electron chi connectivity index (χ0n) is 8.19. The highest BCUT2D eigenvalue weighted by Crippen LogP contribution is 1.90. The Balaban J connectivity index is 3.39. The summed E-state index contributed by atoms with van der Waals surface area (Å²) in [5.74, 6) is 0. The highest BCUT2D eigenvalue weighted by atomic mass is 16.3. The van der Waals surface area contributed by atoms with E-state index in [1.54, 1.807) is 0 Å². The average Bonchev–Trinajstić information content (AvgIpc) is 2.18. The molecule has 0 amide bonds. The molecule has 0 aliphatic heterocycles. The van der Waals surface area contributed by atoms with Gasteiger partial charge in [0.25, 0.3) is 0 Å². The third-order valence-corrected chi connectivity index (χ3v) is 1.73. The maximum absolute atomic E-state index is 9.35. The summed E-state index contributed by atoms with van der Waals surface area (Å²) in [7, 11) is 0. The predicted molar refractivity (Wildman–Crippen MR) is 51.9 cm³/mol. The minimum Gasteiger partial charge on any atom is -0.395 e. The van der Waals surface area contributed by atoms with Gasteiger partial charge in [-0.15, -0.1) is 0 Å². The SMILES string of the molecule is OCCNC[C@H](O)[C@@H](O)CNCCO. The summed E-state index contributed by atoms with van der Waals surface area (Å²) < 4.78 is 0. The van der Waals surface area contributed by atoms with Crippen molar-refractivity contribution in [2.45, 2.75) is 12.2 Å². The molecule has 0 saturated carbocycles. The minimum atomic E-state index is -0.868. The van der Waals surface area contributed by atoms with Gasteiger partial charge in [0.05, 0.1) is 25.4 Å². The minimum absolute atomic E-state index is 0.00553. The number of hydrogen-bond acceptors (Lipinski definition) is 6. The smallest absolute Gasteiger partial charge is 0.0935 e. The van der Waals surface area contributed by atoms with Gasteiger partial charge in [0.15, 0.2) is 0 Å². The van der Waals surface area contributed by atoms with Crippen LogP contribution in [0.2, 0.25) is 0 Å². The third kappa shape index (κ3) is 7.19. The molecule has 0 aromatic carbocycles. The zero-order chi connectivity index (χ0) is 10.8. The van der Waals surface area contributed by atoms with Crippen molar-refractivity contribution in [1.82, 2.24) is 10.6 Å². The largest absolute Gasteiger partial charge is 0.395 e. The summed E-state index contributed by atoms with van der Waals surface area (Å²) in [5, 5.41) is 41.1. The molecule has 6 heteroatoms. The van der Waals surface area contributed by atoms with Crippen molar-refractivity contribution < 1.29 is 20.4 Å². The maximum Gasteiger partial charge on any atom is 0.0935 e. The van der Waals surface area contributed by atoms with Crippen molar-refractivity contribution in [3.8, 4) is 0 Å². The lowest BCUT2D eigenvalue weighted by Gasteiger charge is -2.18. The number of nitrogens with one attached hydrogen (secondary N) is 2. The molecule has 0 unspecified atom stereocenters. The molecule has 0 fully saturated rings. The van der Waals surface area contributed by atoms with Crippen LogP contribution in [0.4, 0.5) is 0 Å². The molecule has 0 aromatic rings. The Morgan fingerprint density at radius 1 is 0.786 bits per heavy atom. The first-order chi connectivity index (χ1) is 6.72. The molecule has 0 radical (unpaired) electrons. The predicted octanol–water partition coefficient (Wildman–Crippen LogP) is -3.13. The lowest BCUT2D eigenvalue weighted by atomic mass is 10.2. The summed E-state index contributed by atoms with van der Waals surface area (Å²) in [6, 6.07) is 0. The van der Waals surface area contributed by atoms with E-state index in [2.05, 4.69) is 10.6 Å². The van der Waals surface area contributed by atoms with Crippen LogP contribution in [0.25, 0.3) is 0 Å². The average molecular weight is 208 g/mol. The summed E-state index contributed by atoms with van der Waals surface area (Å²) in [4.78, 5) is 0. The molecule has 0 heterocycles. The zero-order valence-corrected chi connectivity index (χ0v) is 8.19. The molecule has 2 atom stereocenters. The normalized spacial score (nSPS) is 15.4. The fourth-order valence-corrected chi connectivity index (χ4v) is 0.930. The van der Waals surface area contributed by atoms with E-state index < -0.39 is 12.2 Å². The van der Waals surface area contributed by atoms with Crippen molar-refractivity contribution in [2.24, 2.45) is 0 Å². The Morgan fingerprint density at radius 3 is 1.43 bits per heavy atom. The van der Waals surface area contributed by atoms with Crippen LogP contribution in [0, 0.1) is 0 Å². The van der Waals surface area contributed by atoms with Gasteiger partial charge in [-0.05, 0) is 0 Å². The van der Waals surface area contributed by atoms with Crippen molar-refractivity contribution in [3.63, 3.8) is 0 Å². The quantitative estimate of drug-likeness (QED) is 0.224. The maximum atomic E-state index is 9.35. The van der Waals surface area contributed by atoms with Gasteiger partial charge >= 0.3 is 0 Å². The molecule has 14 heavy (non-hydrogen) atoms. The van der Waals surface area contributed by atoms with Gasteiger partial charge in [-0.3, -0.25) is 0 Å². The van der Waals surface area contributed by atoms with E-state index in [1.807, 2.05) is 0 Å². The van der Waals surface area contributed by atoms with Crippen LogP contribution in [0.3, 0.4) is 0 Å². The van der Waals surface area contributed by atoms with Gasteiger partial charge < -0.3 is 31.1 Å². The van der Waals surface area contributed by atoms with Gasteiger partial charge in [0.2, 0.25) is 0 Å². The van der Waals surface area contributed by atoms with Crippen molar-refractivity contribution >= 4 is 0 Å². The Kier molecular flexibility index (Phi) is 9.16. The van der Waals surface area contributed by atoms with Crippen LogP contribution in [-0.2, 0) is 0 Å². The molecular weight excluding hydrogens is 188 g/mol. The van der Waals surface area contributed by atoms with Crippen LogP contribution in [0.15, 0.2) is 0 Å². The van der Waals surface area contributed by atoms with E-state index in [0.29, 0.717) is 13.1 Å². The van der Waals surface area contributed by atoms with E-state index in [0.717, 1.165) is 0 Å². The Morgan fingerprint density at radius 2 is 1.14 bits per heavy atom. The molecule has 6 nitrogen and oxygen atoms in total. The van der Waals surface area contributed by atoms with Gasteiger partial charge in [-0.25, -0.2) is 0 Å². The Labute approximate surface area is 83.6 Å². The molecule has 0 saturated heterocycles. The van der Waals surface area contributed by atoms with E-state index in [-0.39, 0.29) is 26.3 Å². The molecule has 0 aromatic heterocycles. The second-order valence-corrected chi connectivity index (χ2v) is 2.99. The van der Waals surface area contributed by atoms with Crippen LogP contribution in [0.1, 0.15) is 0 Å². The molecule has 0 aliphatic rings. The van der Waals surface area contributed by atoms with E-state index in [9.17, 15) is 10.2 Å². The van der Waals surface area contributed by atoms with Crippen LogP contribution in [-0.4, -0.2) is 72.0 Å². The fourth-order valence-electron chi connectivity index (χ4n) is 0.930. The van der Waals surface area contributed by atoms with E-state index >= 15 is 0 Å². The molecule has 0 rings (SSSR count). The van der Waals surface area contributed by atoms with Crippen molar-refractivity contribution in [2.75, 3.05) is 39.4 Å². The molecule has 0 aliphatic carbocycles. The summed E-state index contributed by atoms with van der Waals surface area (Å²) >= 11 is 0. The van der Waals surface area contributed by atoms with Crippen LogP contribution < -0.4 is 10.6 Å². The first-order valence-corrected chi connectivity index (χ1v) is 4.71. The fraction of sp³-hybridized carbons (Fsp3) is 1.00. The number of aliphatic hydroxyl groups excluding tert-OH is 4. The number of rotatable bonds is 9. The highest BCUT2D eigenvalue weighted by molar-refractivity contribution is 4.71. The molecular formula is C8H20N2O4. The first kappa shape index (κ1) is 13.8. The lowest BCUT2D eigenvalue weighted by molar-refractivity contribution is 0.0200. The third-order valence-electron chi connectivity index (χ3n) is 1.73. The van der Waals surface area contributed by atoms with Gasteiger partial charge in [-0.2, -0.15) is 0 Å². The summed E-state index contributed by atoms with van der Waals surface area (Å²) in [6.45, 7) is 1.28. The second-order valence-electron chi connectivity index (χ2n) is 2.99. The van der Waals surface area contributed by atoms with Crippen molar-refractivity contribution in [1.29, 1.82) is 0 Å². The Bertz CT molecular complexity index is 112. The van der Waals surface area contributed by atoms with Crippen LogP contribution in [0.5, 0.6) is 0 Å². The first-order valence-electron chi connectivity index (χ1n) is 4.71. The van der Waals surface area contributed by atoms with Gasteiger partial charge in [-0.1, -0.05) is 0 Å². The molecule has 86 valence electrons. The highest BCUT2D eigenvalue weighted by Gasteiger charge is 2.14. The van der Waals surface area contributed by atoms with E-state index in [4.69, 9.17) is 10.2 Å². The van der Waals surface area contributed by atoms with Crippen LogP contribution >= 0.6 is 0 Å². The summed E-state index contributed by atoms with van der Waals surface area (Å²) in [6.07, 6.45) is -1.74. The molecule has 6 N–H and O–H groups in total. The van der Waals surface area contributed by atoms with Crippen molar-refractivity contribution in [3.05, 3.63) is 0 Å². The van der Waals surface area contributed by atoms with E-state index in [1.165, 1.54) is 0 Å². The molecule has 0 spiro atoms. The Hall–Kier alpha value is -0.240. The number of aliphatic hydroxyl groups is 4. The second kappa shape index (κ2) is 9.32. The lowest BCUT2D eigenvalue weighted by Crippen LogP contribution is -2.43. The standard InChI is InChI=1S/C8H20N2O4/c11-3-1-9-5-7(13)8(14)6-10-2-4-12/h7-14H,1-6H2/t7-,8-/m0/s1. The van der Waals surface area contributed by atoms with Gasteiger partial charge in [0.1, 0.15) is 0 Å². The number of hydrogen-bond donors (Lipinski definition) is 6. The monoisotopic (exact) mass is 208 g/mol. The molecule has 0 bridgehead atoms. The topological polar surface area (TPSA) is 105 Å².